The van der Waals surface area contributed by atoms with Gasteiger partial charge in [-0.1, -0.05) is 35.9 Å². The summed E-state index contributed by atoms with van der Waals surface area (Å²) >= 11 is 6.27. The van der Waals surface area contributed by atoms with Crippen LogP contribution in [0.1, 0.15) is 35.1 Å². The first-order chi connectivity index (χ1) is 13.4. The molecule has 0 N–H and O–H groups in total. The number of amides is 2. The zero-order chi connectivity index (χ0) is 20.0. The summed E-state index contributed by atoms with van der Waals surface area (Å²) in [4.78, 5) is 30.2. The molecule has 2 heterocycles. The monoisotopic (exact) mass is 394 g/mol. The van der Waals surface area contributed by atoms with E-state index >= 15 is 0 Å². The highest BCUT2D eigenvalue weighted by Crippen LogP contribution is 2.37. The largest absolute Gasteiger partial charge is 0.366 e. The first kappa shape index (κ1) is 18.8. The van der Waals surface area contributed by atoms with E-state index in [1.54, 1.807) is 12.1 Å². The highest BCUT2D eigenvalue weighted by Gasteiger charge is 2.43. The number of imide groups is 1. The van der Waals surface area contributed by atoms with Crippen LogP contribution in [-0.4, -0.2) is 29.8 Å². The number of halogens is 1. The van der Waals surface area contributed by atoms with E-state index in [0.717, 1.165) is 48.2 Å². The zero-order valence-corrected chi connectivity index (χ0v) is 17.1. The third kappa shape index (κ3) is 3.02. The lowest BCUT2D eigenvalue weighted by Crippen LogP contribution is -2.34. The molecule has 144 valence electrons. The number of benzene rings is 2. The van der Waals surface area contributed by atoms with Gasteiger partial charge in [0, 0.05) is 18.1 Å². The average Bonchev–Trinajstić information content (AvgIpc) is 3.26. The molecule has 2 aliphatic heterocycles. The minimum Gasteiger partial charge on any atom is -0.366 e. The Bertz CT molecular complexity index is 1020. The van der Waals surface area contributed by atoms with Gasteiger partial charge in [0.2, 0.25) is 0 Å². The molecule has 0 bridgehead atoms. The second kappa shape index (κ2) is 7.10. The van der Waals surface area contributed by atoms with Crippen LogP contribution in [0, 0.1) is 20.8 Å². The molecule has 1 fully saturated rings. The lowest BCUT2D eigenvalue weighted by Gasteiger charge is -2.20. The van der Waals surface area contributed by atoms with Gasteiger partial charge in [0.25, 0.3) is 11.8 Å². The van der Waals surface area contributed by atoms with E-state index in [9.17, 15) is 9.59 Å². The summed E-state index contributed by atoms with van der Waals surface area (Å²) in [5.41, 5.74) is 5.49. The molecule has 0 spiro atoms. The summed E-state index contributed by atoms with van der Waals surface area (Å²) in [6, 6.07) is 11.2. The first-order valence-electron chi connectivity index (χ1n) is 9.60. The van der Waals surface area contributed by atoms with Crippen LogP contribution in [0.15, 0.2) is 42.1 Å². The zero-order valence-electron chi connectivity index (χ0n) is 16.4. The maximum atomic E-state index is 13.5. The molecule has 2 aliphatic rings. The Hall–Kier alpha value is -2.59. The molecule has 0 aliphatic carbocycles. The molecule has 28 heavy (non-hydrogen) atoms. The molecule has 5 heteroatoms. The predicted octanol–water partition coefficient (Wildman–Crippen LogP) is 4.65. The molecular formula is C23H23ClN2O2. The summed E-state index contributed by atoms with van der Waals surface area (Å²) in [5, 5.41) is 0.542. The van der Waals surface area contributed by atoms with Crippen molar-refractivity contribution >= 4 is 34.7 Å². The van der Waals surface area contributed by atoms with Gasteiger partial charge in [0.05, 0.1) is 11.3 Å². The number of carbonyl (C=O) groups excluding carboxylic acids is 2. The van der Waals surface area contributed by atoms with Crippen molar-refractivity contribution in [2.45, 2.75) is 33.6 Å². The van der Waals surface area contributed by atoms with Crippen LogP contribution < -0.4 is 4.90 Å². The molecule has 0 unspecified atom stereocenters. The molecule has 0 atom stereocenters. The fourth-order valence-electron chi connectivity index (χ4n) is 3.86. The van der Waals surface area contributed by atoms with E-state index in [1.165, 1.54) is 4.90 Å². The van der Waals surface area contributed by atoms with Gasteiger partial charge >= 0.3 is 0 Å². The van der Waals surface area contributed by atoms with Crippen LogP contribution in [0.4, 0.5) is 5.69 Å². The highest BCUT2D eigenvalue weighted by atomic mass is 35.5. The van der Waals surface area contributed by atoms with Crippen LogP contribution in [0.3, 0.4) is 0 Å². The Kier molecular flexibility index (Phi) is 4.76. The van der Waals surface area contributed by atoms with Crippen molar-refractivity contribution < 1.29 is 9.59 Å². The van der Waals surface area contributed by atoms with E-state index in [-0.39, 0.29) is 11.8 Å². The number of anilines is 1. The molecular weight excluding hydrogens is 372 g/mol. The fourth-order valence-corrected chi connectivity index (χ4v) is 4.04. The highest BCUT2D eigenvalue weighted by molar-refractivity contribution is 6.45. The van der Waals surface area contributed by atoms with E-state index in [1.807, 2.05) is 45.0 Å². The van der Waals surface area contributed by atoms with Crippen molar-refractivity contribution in [3.05, 3.63) is 69.4 Å². The summed E-state index contributed by atoms with van der Waals surface area (Å²) in [5.74, 6) is -0.546. The molecule has 2 aromatic carbocycles. The molecule has 1 saturated heterocycles. The number of likely N-dealkylation sites (tertiary alicyclic amines) is 1. The van der Waals surface area contributed by atoms with Gasteiger partial charge in [-0.3, -0.25) is 9.59 Å². The number of carbonyl (C=O) groups is 2. The Morgan fingerprint density at radius 2 is 1.50 bits per heavy atom. The Labute approximate surface area is 170 Å². The standard InChI is InChI=1S/C23H23ClN2O2/c1-14-6-8-17(12-16(14)3)20-21(25-10-4-5-11-25)23(28)26(22(20)27)18-9-7-15(2)19(24)13-18/h6-9,12-13H,4-5,10-11H2,1-3H3. The van der Waals surface area contributed by atoms with Gasteiger partial charge in [-0.05, 0) is 68.0 Å². The van der Waals surface area contributed by atoms with Crippen molar-refractivity contribution in [1.82, 2.24) is 4.90 Å². The smallest absolute Gasteiger partial charge is 0.282 e. The first-order valence-corrected chi connectivity index (χ1v) is 9.98. The number of aryl methyl sites for hydroxylation is 3. The molecule has 0 saturated carbocycles. The van der Waals surface area contributed by atoms with E-state index in [4.69, 9.17) is 11.6 Å². The topological polar surface area (TPSA) is 40.6 Å². The molecule has 4 nitrogen and oxygen atoms in total. The summed E-state index contributed by atoms with van der Waals surface area (Å²) in [6.45, 7) is 7.55. The second-order valence-corrected chi connectivity index (χ2v) is 8.00. The Balaban J connectivity index is 1.85. The SMILES string of the molecule is Cc1ccc(C2=C(N3CCCC3)C(=O)N(c3ccc(C)c(Cl)c3)C2=O)cc1C. The van der Waals surface area contributed by atoms with Gasteiger partial charge in [-0.15, -0.1) is 0 Å². The van der Waals surface area contributed by atoms with Gasteiger partial charge in [-0.2, -0.15) is 0 Å². The lowest BCUT2D eigenvalue weighted by molar-refractivity contribution is -0.120. The number of hydrogen-bond donors (Lipinski definition) is 0. The van der Waals surface area contributed by atoms with Gasteiger partial charge in [-0.25, -0.2) is 4.90 Å². The maximum Gasteiger partial charge on any atom is 0.282 e. The maximum absolute atomic E-state index is 13.5. The third-order valence-electron chi connectivity index (χ3n) is 5.69. The van der Waals surface area contributed by atoms with Crippen molar-refractivity contribution in [3.63, 3.8) is 0 Å². The van der Waals surface area contributed by atoms with Crippen molar-refractivity contribution in [2.75, 3.05) is 18.0 Å². The average molecular weight is 395 g/mol. The van der Waals surface area contributed by atoms with Crippen LogP contribution >= 0.6 is 11.6 Å². The molecule has 2 aromatic rings. The van der Waals surface area contributed by atoms with E-state index < -0.39 is 0 Å². The quantitative estimate of drug-likeness (QED) is 0.712. The van der Waals surface area contributed by atoms with Crippen molar-refractivity contribution in [1.29, 1.82) is 0 Å². The summed E-state index contributed by atoms with van der Waals surface area (Å²) < 4.78 is 0. The van der Waals surface area contributed by atoms with Crippen LogP contribution in [0.5, 0.6) is 0 Å². The summed E-state index contributed by atoms with van der Waals surface area (Å²) in [6.07, 6.45) is 2.06. The van der Waals surface area contributed by atoms with Crippen molar-refractivity contribution in [2.24, 2.45) is 0 Å². The van der Waals surface area contributed by atoms with Gasteiger partial charge in [0.15, 0.2) is 0 Å². The second-order valence-electron chi connectivity index (χ2n) is 7.60. The predicted molar refractivity (Wildman–Crippen MR) is 112 cm³/mol. The third-order valence-corrected chi connectivity index (χ3v) is 6.10. The minimum absolute atomic E-state index is 0.264. The van der Waals surface area contributed by atoms with Gasteiger partial charge < -0.3 is 4.90 Å². The number of hydrogen-bond acceptors (Lipinski definition) is 3. The minimum atomic E-state index is -0.282. The number of rotatable bonds is 3. The molecule has 4 rings (SSSR count). The fraction of sp³-hybridized carbons (Fsp3) is 0.304. The molecule has 0 radical (unpaired) electrons. The number of nitrogens with zero attached hydrogens (tertiary/aromatic N) is 2. The molecule has 2 amide bonds. The van der Waals surface area contributed by atoms with Crippen LogP contribution in [0.2, 0.25) is 5.02 Å². The van der Waals surface area contributed by atoms with Crippen molar-refractivity contribution in [3.8, 4) is 0 Å². The van der Waals surface area contributed by atoms with Crippen LogP contribution in [0.25, 0.3) is 5.57 Å². The van der Waals surface area contributed by atoms with Crippen LogP contribution in [-0.2, 0) is 9.59 Å². The van der Waals surface area contributed by atoms with E-state index in [0.29, 0.717) is 22.0 Å². The van der Waals surface area contributed by atoms with Gasteiger partial charge in [0.1, 0.15) is 5.70 Å². The summed E-state index contributed by atoms with van der Waals surface area (Å²) in [7, 11) is 0. The lowest BCUT2D eigenvalue weighted by atomic mass is 9.99. The van der Waals surface area contributed by atoms with E-state index in [2.05, 4.69) is 4.90 Å². The molecule has 0 aromatic heterocycles. The Morgan fingerprint density at radius 1 is 0.821 bits per heavy atom. The Morgan fingerprint density at radius 3 is 2.14 bits per heavy atom. The normalized spacial score (nSPS) is 17.3.